The Morgan fingerprint density at radius 1 is 0.963 bits per heavy atom. The van der Waals surface area contributed by atoms with E-state index in [0.29, 0.717) is 17.2 Å². The number of benzene rings is 1. The van der Waals surface area contributed by atoms with Crippen LogP contribution < -0.4 is 0 Å². The molecule has 4 aromatic rings. The zero-order chi connectivity index (χ0) is 18.6. The highest BCUT2D eigenvalue weighted by Gasteiger charge is 2.19. The predicted molar refractivity (Wildman–Crippen MR) is 97.5 cm³/mol. The van der Waals surface area contributed by atoms with Crippen LogP contribution in [0.2, 0.25) is 0 Å². The monoisotopic (exact) mass is 360 g/mol. The lowest BCUT2D eigenvalue weighted by molar-refractivity contribution is 0.0762. The lowest BCUT2D eigenvalue weighted by Gasteiger charge is -2.12. The van der Waals surface area contributed by atoms with Crippen LogP contribution in [-0.4, -0.2) is 33.2 Å². The fraction of sp³-hybridized carbons (Fsp3) is 0.100. The number of pyridine rings is 1. The molecule has 0 aliphatic rings. The van der Waals surface area contributed by atoms with Crippen LogP contribution in [0.3, 0.4) is 0 Å². The van der Waals surface area contributed by atoms with Gasteiger partial charge in [-0.15, -0.1) is 0 Å². The standard InChI is InChI=1S/C20H16N4O3/c1-24(13-16-11-17(22-26-16)14-7-9-21-10-8-14)20(25)18-12-19(27-23-18)15-5-3-2-4-6-15/h2-12H,13H2,1H3. The van der Waals surface area contributed by atoms with E-state index in [4.69, 9.17) is 9.05 Å². The number of aromatic nitrogens is 3. The fourth-order valence-electron chi connectivity index (χ4n) is 2.66. The molecule has 1 aromatic carbocycles. The normalized spacial score (nSPS) is 10.7. The third kappa shape index (κ3) is 3.62. The van der Waals surface area contributed by atoms with Crippen molar-refractivity contribution in [3.63, 3.8) is 0 Å². The van der Waals surface area contributed by atoms with Crippen LogP contribution in [0.15, 0.2) is 76.0 Å². The quantitative estimate of drug-likeness (QED) is 0.540. The van der Waals surface area contributed by atoms with E-state index in [-0.39, 0.29) is 18.1 Å². The highest BCUT2D eigenvalue weighted by atomic mass is 16.5. The second kappa shape index (κ2) is 7.25. The number of hydrogen-bond donors (Lipinski definition) is 0. The largest absolute Gasteiger partial charge is 0.359 e. The van der Waals surface area contributed by atoms with Crippen molar-refractivity contribution < 1.29 is 13.8 Å². The minimum atomic E-state index is -0.261. The van der Waals surface area contributed by atoms with Crippen molar-refractivity contribution in [2.75, 3.05) is 7.05 Å². The molecule has 27 heavy (non-hydrogen) atoms. The van der Waals surface area contributed by atoms with Crippen LogP contribution >= 0.6 is 0 Å². The fourth-order valence-corrected chi connectivity index (χ4v) is 2.66. The molecule has 1 amide bonds. The van der Waals surface area contributed by atoms with Gasteiger partial charge in [-0.05, 0) is 12.1 Å². The molecule has 0 saturated heterocycles. The molecular formula is C20H16N4O3. The van der Waals surface area contributed by atoms with E-state index >= 15 is 0 Å². The maximum absolute atomic E-state index is 12.6. The summed E-state index contributed by atoms with van der Waals surface area (Å²) in [5.74, 6) is 0.860. The van der Waals surface area contributed by atoms with E-state index in [2.05, 4.69) is 15.3 Å². The molecule has 7 nitrogen and oxygen atoms in total. The first-order valence-corrected chi connectivity index (χ1v) is 8.34. The van der Waals surface area contributed by atoms with Crippen LogP contribution in [0.5, 0.6) is 0 Å². The van der Waals surface area contributed by atoms with Crippen LogP contribution in [0.4, 0.5) is 0 Å². The lowest BCUT2D eigenvalue weighted by atomic mass is 10.1. The summed E-state index contributed by atoms with van der Waals surface area (Å²) in [6.07, 6.45) is 3.38. The molecule has 3 aromatic heterocycles. The van der Waals surface area contributed by atoms with Gasteiger partial charge in [-0.3, -0.25) is 9.78 Å². The molecule has 134 valence electrons. The highest BCUT2D eigenvalue weighted by Crippen LogP contribution is 2.22. The van der Waals surface area contributed by atoms with E-state index in [0.717, 1.165) is 11.1 Å². The minimum absolute atomic E-state index is 0.241. The third-order valence-electron chi connectivity index (χ3n) is 4.06. The molecule has 3 heterocycles. The summed E-state index contributed by atoms with van der Waals surface area (Å²) >= 11 is 0. The first-order valence-electron chi connectivity index (χ1n) is 8.34. The summed E-state index contributed by atoms with van der Waals surface area (Å²) in [7, 11) is 1.67. The molecule has 0 aliphatic carbocycles. The van der Waals surface area contributed by atoms with Crippen molar-refractivity contribution in [3.05, 3.63) is 78.4 Å². The molecule has 4 rings (SSSR count). The van der Waals surface area contributed by atoms with Crippen molar-refractivity contribution in [2.24, 2.45) is 0 Å². The van der Waals surface area contributed by atoms with Crippen molar-refractivity contribution in [1.82, 2.24) is 20.2 Å². The van der Waals surface area contributed by atoms with Gasteiger partial charge in [0.2, 0.25) is 0 Å². The highest BCUT2D eigenvalue weighted by molar-refractivity contribution is 5.92. The van der Waals surface area contributed by atoms with Crippen molar-refractivity contribution in [2.45, 2.75) is 6.54 Å². The number of hydrogen-bond acceptors (Lipinski definition) is 6. The Balaban J connectivity index is 1.46. The Morgan fingerprint density at radius 3 is 2.52 bits per heavy atom. The van der Waals surface area contributed by atoms with Crippen LogP contribution in [0, 0.1) is 0 Å². The molecule has 7 heteroatoms. The molecule has 0 N–H and O–H groups in total. The summed E-state index contributed by atoms with van der Waals surface area (Å²) in [6.45, 7) is 0.268. The van der Waals surface area contributed by atoms with Crippen LogP contribution in [0.25, 0.3) is 22.6 Å². The summed E-state index contributed by atoms with van der Waals surface area (Å²) in [6, 6.07) is 16.6. The first kappa shape index (κ1) is 16.7. The van der Waals surface area contributed by atoms with Gasteiger partial charge in [-0.1, -0.05) is 40.6 Å². The Kier molecular flexibility index (Phi) is 4.49. The zero-order valence-electron chi connectivity index (χ0n) is 14.6. The van der Waals surface area contributed by atoms with Gasteiger partial charge in [-0.25, -0.2) is 0 Å². The van der Waals surface area contributed by atoms with Crippen molar-refractivity contribution in [3.8, 4) is 22.6 Å². The second-order valence-corrected chi connectivity index (χ2v) is 6.02. The molecule has 0 atom stereocenters. The smallest absolute Gasteiger partial charge is 0.276 e. The van der Waals surface area contributed by atoms with E-state index in [1.807, 2.05) is 42.5 Å². The molecule has 0 radical (unpaired) electrons. The Labute approximate surface area is 155 Å². The summed E-state index contributed by atoms with van der Waals surface area (Å²) in [4.78, 5) is 18.1. The Morgan fingerprint density at radius 2 is 1.74 bits per heavy atom. The average molecular weight is 360 g/mol. The molecule has 0 fully saturated rings. The van der Waals surface area contributed by atoms with Gasteiger partial charge in [-0.2, -0.15) is 0 Å². The molecule has 0 unspecified atom stereocenters. The second-order valence-electron chi connectivity index (χ2n) is 6.02. The maximum Gasteiger partial charge on any atom is 0.276 e. The summed E-state index contributed by atoms with van der Waals surface area (Å²) < 4.78 is 10.6. The molecule has 0 spiro atoms. The van der Waals surface area contributed by atoms with Gasteiger partial charge < -0.3 is 13.9 Å². The number of carbonyl (C=O) groups excluding carboxylic acids is 1. The number of carbonyl (C=O) groups is 1. The number of nitrogens with zero attached hydrogens (tertiary/aromatic N) is 4. The summed E-state index contributed by atoms with van der Waals surface area (Å²) in [5.41, 5.74) is 2.70. The number of amides is 1. The minimum Gasteiger partial charge on any atom is -0.359 e. The van der Waals surface area contributed by atoms with Gasteiger partial charge >= 0.3 is 0 Å². The predicted octanol–water partition coefficient (Wildman–Crippen LogP) is 3.66. The van der Waals surface area contributed by atoms with Crippen LogP contribution in [-0.2, 0) is 6.54 Å². The van der Waals surface area contributed by atoms with Crippen molar-refractivity contribution >= 4 is 5.91 Å². The summed E-state index contributed by atoms with van der Waals surface area (Å²) in [5, 5.41) is 7.93. The lowest BCUT2D eigenvalue weighted by Crippen LogP contribution is -2.26. The molecule has 0 aliphatic heterocycles. The SMILES string of the molecule is CN(Cc1cc(-c2ccncc2)no1)C(=O)c1cc(-c2ccccc2)on1. The molecule has 0 bridgehead atoms. The molecular weight excluding hydrogens is 344 g/mol. The van der Waals surface area contributed by atoms with E-state index in [9.17, 15) is 4.79 Å². The maximum atomic E-state index is 12.6. The number of rotatable bonds is 5. The van der Waals surface area contributed by atoms with E-state index in [1.54, 1.807) is 31.6 Å². The van der Waals surface area contributed by atoms with Gasteiger partial charge in [0.15, 0.2) is 17.2 Å². The van der Waals surface area contributed by atoms with Gasteiger partial charge in [0, 0.05) is 42.7 Å². The third-order valence-corrected chi connectivity index (χ3v) is 4.06. The van der Waals surface area contributed by atoms with Gasteiger partial charge in [0.25, 0.3) is 5.91 Å². The topological polar surface area (TPSA) is 85.3 Å². The van der Waals surface area contributed by atoms with Gasteiger partial charge in [0.05, 0.1) is 6.54 Å². The zero-order valence-corrected chi connectivity index (χ0v) is 14.6. The Bertz CT molecular complexity index is 1040. The van der Waals surface area contributed by atoms with E-state index < -0.39 is 0 Å². The first-order chi connectivity index (χ1) is 13.2. The Hall–Kier alpha value is -3.74. The van der Waals surface area contributed by atoms with Crippen molar-refractivity contribution in [1.29, 1.82) is 0 Å². The van der Waals surface area contributed by atoms with Crippen LogP contribution in [0.1, 0.15) is 16.2 Å². The van der Waals surface area contributed by atoms with E-state index in [1.165, 1.54) is 4.90 Å². The van der Waals surface area contributed by atoms with Gasteiger partial charge in [0.1, 0.15) is 5.69 Å². The average Bonchev–Trinajstić information content (AvgIpc) is 3.39. The molecule has 0 saturated carbocycles.